The zero-order valence-corrected chi connectivity index (χ0v) is 9.52. The fourth-order valence-electron chi connectivity index (χ4n) is 1.83. The van der Waals surface area contributed by atoms with Gasteiger partial charge in [0.1, 0.15) is 5.82 Å². The van der Waals surface area contributed by atoms with Crippen LogP contribution in [0.25, 0.3) is 0 Å². The van der Waals surface area contributed by atoms with Crippen molar-refractivity contribution in [2.45, 2.75) is 12.5 Å². The van der Waals surface area contributed by atoms with Gasteiger partial charge in [0.25, 0.3) is 0 Å². The van der Waals surface area contributed by atoms with E-state index < -0.39 is 5.82 Å². The molecule has 2 N–H and O–H groups in total. The summed E-state index contributed by atoms with van der Waals surface area (Å²) in [6.45, 7) is 1.53. The molecule has 1 aliphatic rings. The van der Waals surface area contributed by atoms with E-state index in [0.717, 1.165) is 13.0 Å². The zero-order valence-electron chi connectivity index (χ0n) is 8.01. The molecule has 1 unspecified atom stereocenters. The minimum atomic E-state index is -0.419. The van der Waals surface area contributed by atoms with Crippen molar-refractivity contribution < 1.29 is 4.39 Å². The number of halogens is 3. The summed E-state index contributed by atoms with van der Waals surface area (Å²) in [5.41, 5.74) is 6.48. The molecule has 1 fully saturated rings. The second-order valence-electron chi connectivity index (χ2n) is 3.71. The standard InChI is InChI=1S/C10H11Cl2FN2/c11-8-3-6(13)4-9(12)10(8)15-2-1-7(14)5-15/h3-4,7H,1-2,5,14H2. The zero-order chi connectivity index (χ0) is 11.0. The molecule has 0 amide bonds. The molecule has 2 rings (SSSR count). The van der Waals surface area contributed by atoms with Crippen molar-refractivity contribution in [3.8, 4) is 0 Å². The largest absolute Gasteiger partial charge is 0.368 e. The average molecular weight is 249 g/mol. The maximum absolute atomic E-state index is 13.0. The number of nitrogens with zero attached hydrogens (tertiary/aromatic N) is 1. The van der Waals surface area contributed by atoms with Gasteiger partial charge in [-0.15, -0.1) is 0 Å². The van der Waals surface area contributed by atoms with Gasteiger partial charge in [0.15, 0.2) is 0 Å². The molecular weight excluding hydrogens is 238 g/mol. The molecule has 1 saturated heterocycles. The highest BCUT2D eigenvalue weighted by molar-refractivity contribution is 6.39. The van der Waals surface area contributed by atoms with Gasteiger partial charge in [0, 0.05) is 19.1 Å². The second-order valence-corrected chi connectivity index (χ2v) is 4.53. The number of benzene rings is 1. The summed E-state index contributed by atoms with van der Waals surface area (Å²) in [4.78, 5) is 1.99. The lowest BCUT2D eigenvalue weighted by atomic mass is 10.3. The number of nitrogens with two attached hydrogens (primary N) is 1. The highest BCUT2D eigenvalue weighted by atomic mass is 35.5. The lowest BCUT2D eigenvalue weighted by molar-refractivity contribution is 0.628. The predicted molar refractivity (Wildman–Crippen MR) is 61.2 cm³/mol. The molecule has 1 heterocycles. The van der Waals surface area contributed by atoms with Crippen molar-refractivity contribution in [1.29, 1.82) is 0 Å². The van der Waals surface area contributed by atoms with Crippen LogP contribution in [0.1, 0.15) is 6.42 Å². The van der Waals surface area contributed by atoms with Crippen molar-refractivity contribution in [2.75, 3.05) is 18.0 Å². The van der Waals surface area contributed by atoms with E-state index in [9.17, 15) is 4.39 Å². The van der Waals surface area contributed by atoms with Crippen LogP contribution in [-0.4, -0.2) is 19.1 Å². The summed E-state index contributed by atoms with van der Waals surface area (Å²) in [6, 6.07) is 2.68. The minimum Gasteiger partial charge on any atom is -0.368 e. The Kier molecular flexibility index (Phi) is 3.05. The van der Waals surface area contributed by atoms with Gasteiger partial charge in [-0.25, -0.2) is 4.39 Å². The quantitative estimate of drug-likeness (QED) is 0.829. The highest BCUT2D eigenvalue weighted by Crippen LogP contribution is 2.36. The summed E-state index contributed by atoms with van der Waals surface area (Å²) < 4.78 is 13.0. The molecule has 1 aliphatic heterocycles. The van der Waals surface area contributed by atoms with E-state index in [2.05, 4.69) is 0 Å². The Morgan fingerprint density at radius 3 is 2.40 bits per heavy atom. The topological polar surface area (TPSA) is 29.3 Å². The minimum absolute atomic E-state index is 0.141. The maximum Gasteiger partial charge on any atom is 0.126 e. The molecular formula is C10H11Cl2FN2. The molecule has 2 nitrogen and oxygen atoms in total. The van der Waals surface area contributed by atoms with Crippen LogP contribution in [0.15, 0.2) is 12.1 Å². The van der Waals surface area contributed by atoms with E-state index in [1.807, 2.05) is 4.90 Å². The first-order valence-corrected chi connectivity index (χ1v) is 5.48. The molecule has 1 aromatic carbocycles. The Labute approximate surface area is 97.8 Å². The van der Waals surface area contributed by atoms with Crippen molar-refractivity contribution in [3.63, 3.8) is 0 Å². The van der Waals surface area contributed by atoms with Crippen LogP contribution >= 0.6 is 23.2 Å². The molecule has 1 atom stereocenters. The van der Waals surface area contributed by atoms with Crippen LogP contribution < -0.4 is 10.6 Å². The second kappa shape index (κ2) is 4.16. The number of anilines is 1. The summed E-state index contributed by atoms with van der Waals surface area (Å²) in [7, 11) is 0. The van der Waals surface area contributed by atoms with Gasteiger partial charge in [-0.3, -0.25) is 0 Å². The number of hydrogen-bond acceptors (Lipinski definition) is 2. The van der Waals surface area contributed by atoms with Crippen molar-refractivity contribution in [1.82, 2.24) is 0 Å². The molecule has 0 radical (unpaired) electrons. The fourth-order valence-corrected chi connectivity index (χ4v) is 2.53. The Morgan fingerprint density at radius 1 is 1.33 bits per heavy atom. The van der Waals surface area contributed by atoms with E-state index in [4.69, 9.17) is 28.9 Å². The molecule has 0 spiro atoms. The van der Waals surface area contributed by atoms with Gasteiger partial charge in [0.05, 0.1) is 15.7 Å². The van der Waals surface area contributed by atoms with E-state index in [0.29, 0.717) is 22.3 Å². The van der Waals surface area contributed by atoms with E-state index in [1.54, 1.807) is 0 Å². The van der Waals surface area contributed by atoms with Gasteiger partial charge in [0.2, 0.25) is 0 Å². The van der Waals surface area contributed by atoms with Crippen LogP contribution in [0.2, 0.25) is 10.0 Å². The van der Waals surface area contributed by atoms with Crippen LogP contribution in [-0.2, 0) is 0 Å². The van der Waals surface area contributed by atoms with Crippen LogP contribution in [0.5, 0.6) is 0 Å². The molecule has 0 aromatic heterocycles. The molecule has 82 valence electrons. The molecule has 1 aromatic rings. The van der Waals surface area contributed by atoms with Crippen molar-refractivity contribution in [2.24, 2.45) is 5.73 Å². The molecule has 15 heavy (non-hydrogen) atoms. The van der Waals surface area contributed by atoms with E-state index in [1.165, 1.54) is 12.1 Å². The third-order valence-corrected chi connectivity index (χ3v) is 3.10. The smallest absolute Gasteiger partial charge is 0.126 e. The van der Waals surface area contributed by atoms with Crippen LogP contribution in [0, 0.1) is 5.82 Å². The van der Waals surface area contributed by atoms with Crippen molar-refractivity contribution >= 4 is 28.9 Å². The monoisotopic (exact) mass is 248 g/mol. The molecule has 5 heteroatoms. The Bertz CT molecular complexity index is 361. The molecule has 0 aliphatic carbocycles. The van der Waals surface area contributed by atoms with Gasteiger partial charge >= 0.3 is 0 Å². The maximum atomic E-state index is 13.0. The molecule has 0 saturated carbocycles. The van der Waals surface area contributed by atoms with Gasteiger partial charge in [-0.05, 0) is 18.6 Å². The predicted octanol–water partition coefficient (Wildman–Crippen LogP) is 2.67. The number of rotatable bonds is 1. The average Bonchev–Trinajstić information content (AvgIpc) is 2.49. The van der Waals surface area contributed by atoms with Gasteiger partial charge in [-0.2, -0.15) is 0 Å². The summed E-state index contributed by atoms with van der Waals surface area (Å²) in [5, 5.41) is 0.684. The molecule has 0 bridgehead atoms. The first-order chi connectivity index (χ1) is 7.08. The highest BCUT2D eigenvalue weighted by Gasteiger charge is 2.23. The Hall–Kier alpha value is -0.510. The summed E-state index contributed by atoms with van der Waals surface area (Å²) in [5.74, 6) is -0.419. The number of hydrogen-bond donors (Lipinski definition) is 1. The van der Waals surface area contributed by atoms with Crippen LogP contribution in [0.3, 0.4) is 0 Å². The van der Waals surface area contributed by atoms with E-state index in [-0.39, 0.29) is 6.04 Å². The summed E-state index contributed by atoms with van der Waals surface area (Å²) in [6.07, 6.45) is 0.907. The third kappa shape index (κ3) is 2.19. The first-order valence-electron chi connectivity index (χ1n) is 4.73. The van der Waals surface area contributed by atoms with Gasteiger partial charge in [-0.1, -0.05) is 23.2 Å². The normalized spacial score (nSPS) is 21.1. The lowest BCUT2D eigenvalue weighted by Crippen LogP contribution is -2.26. The first kappa shape index (κ1) is 11.0. The van der Waals surface area contributed by atoms with Gasteiger partial charge < -0.3 is 10.6 Å². The Morgan fingerprint density at radius 2 is 1.93 bits per heavy atom. The lowest BCUT2D eigenvalue weighted by Gasteiger charge is -2.20. The third-order valence-electron chi connectivity index (χ3n) is 2.52. The SMILES string of the molecule is NC1CCN(c2c(Cl)cc(F)cc2Cl)C1. The van der Waals surface area contributed by atoms with Crippen LogP contribution in [0.4, 0.5) is 10.1 Å². The fraction of sp³-hybridized carbons (Fsp3) is 0.400. The van der Waals surface area contributed by atoms with E-state index >= 15 is 0 Å². The Balaban J connectivity index is 2.35. The van der Waals surface area contributed by atoms with Crippen molar-refractivity contribution in [3.05, 3.63) is 28.0 Å². The summed E-state index contributed by atoms with van der Waals surface area (Å²) >= 11 is 11.9.